The van der Waals surface area contributed by atoms with E-state index in [1.807, 2.05) is 24.3 Å². The fourth-order valence-corrected chi connectivity index (χ4v) is 4.17. The zero-order chi connectivity index (χ0) is 20.9. The first-order valence-electron chi connectivity index (χ1n) is 10.6. The van der Waals surface area contributed by atoms with Crippen LogP contribution in [-0.2, 0) is 13.5 Å². The van der Waals surface area contributed by atoms with Crippen LogP contribution in [0.3, 0.4) is 0 Å². The first kappa shape index (κ1) is 20.3. The summed E-state index contributed by atoms with van der Waals surface area (Å²) < 4.78 is 8.22. The van der Waals surface area contributed by atoms with Crippen LogP contribution in [0.25, 0.3) is 10.9 Å². The molecule has 0 saturated carbocycles. The van der Waals surface area contributed by atoms with Gasteiger partial charge in [0.2, 0.25) is 0 Å². The highest BCUT2D eigenvalue weighted by molar-refractivity contribution is 5.85. The Balaban J connectivity index is 1.28. The number of nitrogens with zero attached hydrogens (tertiary/aromatic N) is 4. The van der Waals surface area contributed by atoms with Gasteiger partial charge in [-0.15, -0.1) is 0 Å². The summed E-state index contributed by atoms with van der Waals surface area (Å²) in [6, 6.07) is 16.3. The molecule has 1 aliphatic rings. The molecular formula is C24H29N5O. The standard InChI is InChI=1S/C24H29N5O/c1-27-18-20(8-9-25)23-16-22(6-7-24(23)27)30-15-14-28-10-12-29(13-11-28)21-4-2-19(17-26)3-5-21/h2-7,16,18H,8-15,25H2,1H3. The predicted octanol–water partition coefficient (Wildman–Crippen LogP) is 2.75. The number of piperazine rings is 1. The third kappa shape index (κ3) is 4.43. The summed E-state index contributed by atoms with van der Waals surface area (Å²) in [5, 5.41) is 10.2. The topological polar surface area (TPSA) is 70.5 Å². The van der Waals surface area contributed by atoms with E-state index in [-0.39, 0.29) is 0 Å². The van der Waals surface area contributed by atoms with Gasteiger partial charge in [0.1, 0.15) is 12.4 Å². The van der Waals surface area contributed by atoms with Crippen molar-refractivity contribution in [3.63, 3.8) is 0 Å². The second kappa shape index (κ2) is 9.21. The number of hydrogen-bond donors (Lipinski definition) is 1. The second-order valence-corrected chi connectivity index (χ2v) is 7.82. The Labute approximate surface area is 178 Å². The SMILES string of the molecule is Cn1cc(CCN)c2cc(OCCN3CCN(c4ccc(C#N)cc4)CC3)ccc21. The molecule has 0 aliphatic carbocycles. The first-order chi connectivity index (χ1) is 14.7. The third-order valence-electron chi connectivity index (χ3n) is 5.87. The van der Waals surface area contributed by atoms with Crippen molar-refractivity contribution in [2.75, 3.05) is 50.8 Å². The third-order valence-corrected chi connectivity index (χ3v) is 5.87. The molecule has 0 bridgehead atoms. The lowest BCUT2D eigenvalue weighted by Gasteiger charge is -2.36. The average molecular weight is 404 g/mol. The lowest BCUT2D eigenvalue weighted by atomic mass is 10.1. The number of anilines is 1. The van der Waals surface area contributed by atoms with Gasteiger partial charge < -0.3 is 19.9 Å². The van der Waals surface area contributed by atoms with Crippen LogP contribution in [0.2, 0.25) is 0 Å². The Kier molecular flexibility index (Phi) is 6.22. The highest BCUT2D eigenvalue weighted by Gasteiger charge is 2.17. The number of fused-ring (bicyclic) bond motifs is 1. The van der Waals surface area contributed by atoms with Gasteiger partial charge in [-0.2, -0.15) is 5.26 Å². The van der Waals surface area contributed by atoms with Gasteiger partial charge in [0.25, 0.3) is 0 Å². The Morgan fingerprint density at radius 3 is 2.53 bits per heavy atom. The Morgan fingerprint density at radius 1 is 1.07 bits per heavy atom. The van der Waals surface area contributed by atoms with E-state index >= 15 is 0 Å². The van der Waals surface area contributed by atoms with Crippen molar-refractivity contribution < 1.29 is 4.74 Å². The fourth-order valence-electron chi connectivity index (χ4n) is 4.17. The van der Waals surface area contributed by atoms with E-state index in [2.05, 4.69) is 51.9 Å². The number of aromatic nitrogens is 1. The van der Waals surface area contributed by atoms with Crippen molar-refractivity contribution in [2.24, 2.45) is 12.8 Å². The molecule has 4 rings (SSSR count). The van der Waals surface area contributed by atoms with Crippen molar-refractivity contribution in [3.8, 4) is 11.8 Å². The molecule has 0 atom stereocenters. The largest absolute Gasteiger partial charge is 0.492 e. The number of ether oxygens (including phenoxy) is 1. The summed E-state index contributed by atoms with van der Waals surface area (Å²) >= 11 is 0. The zero-order valence-electron chi connectivity index (χ0n) is 17.6. The molecule has 3 aromatic rings. The quantitative estimate of drug-likeness (QED) is 0.657. The second-order valence-electron chi connectivity index (χ2n) is 7.82. The lowest BCUT2D eigenvalue weighted by Crippen LogP contribution is -2.47. The Hall–Kier alpha value is -3.01. The van der Waals surface area contributed by atoms with Crippen molar-refractivity contribution in [1.29, 1.82) is 5.26 Å². The number of nitriles is 1. The first-order valence-corrected chi connectivity index (χ1v) is 10.6. The van der Waals surface area contributed by atoms with Crippen LogP contribution in [0.5, 0.6) is 5.75 Å². The summed E-state index contributed by atoms with van der Waals surface area (Å²) in [5.41, 5.74) is 10.1. The highest BCUT2D eigenvalue weighted by atomic mass is 16.5. The van der Waals surface area contributed by atoms with Gasteiger partial charge in [-0.05, 0) is 61.0 Å². The summed E-state index contributed by atoms with van der Waals surface area (Å²) in [6.07, 6.45) is 3.04. The molecule has 2 N–H and O–H groups in total. The number of nitrogens with two attached hydrogens (primary N) is 1. The Bertz CT molecular complexity index is 1030. The molecule has 30 heavy (non-hydrogen) atoms. The van der Waals surface area contributed by atoms with Gasteiger partial charge in [0.15, 0.2) is 0 Å². The van der Waals surface area contributed by atoms with E-state index < -0.39 is 0 Å². The van der Waals surface area contributed by atoms with E-state index in [1.54, 1.807) is 0 Å². The van der Waals surface area contributed by atoms with Crippen LogP contribution >= 0.6 is 0 Å². The van der Waals surface area contributed by atoms with Crippen molar-refractivity contribution in [2.45, 2.75) is 6.42 Å². The van der Waals surface area contributed by atoms with Crippen molar-refractivity contribution in [1.82, 2.24) is 9.47 Å². The minimum absolute atomic E-state index is 0.651. The molecule has 0 unspecified atom stereocenters. The summed E-state index contributed by atoms with van der Waals surface area (Å²) in [5.74, 6) is 0.920. The van der Waals surface area contributed by atoms with E-state index in [0.717, 1.165) is 44.9 Å². The van der Waals surface area contributed by atoms with Gasteiger partial charge in [0, 0.05) is 62.6 Å². The summed E-state index contributed by atoms with van der Waals surface area (Å²) in [6.45, 7) is 6.27. The smallest absolute Gasteiger partial charge is 0.120 e. The number of benzene rings is 2. The molecule has 6 heteroatoms. The molecule has 6 nitrogen and oxygen atoms in total. The molecule has 0 radical (unpaired) electrons. The minimum atomic E-state index is 0.651. The van der Waals surface area contributed by atoms with Crippen LogP contribution in [-0.4, -0.2) is 55.3 Å². The normalized spacial score (nSPS) is 14.8. The zero-order valence-corrected chi connectivity index (χ0v) is 17.6. The van der Waals surface area contributed by atoms with Crippen LogP contribution < -0.4 is 15.4 Å². The van der Waals surface area contributed by atoms with Gasteiger partial charge in [-0.25, -0.2) is 0 Å². The molecule has 1 fully saturated rings. The van der Waals surface area contributed by atoms with Crippen molar-refractivity contribution in [3.05, 3.63) is 59.8 Å². The van der Waals surface area contributed by atoms with Gasteiger partial charge in [-0.3, -0.25) is 4.90 Å². The number of rotatable bonds is 7. The fraction of sp³-hybridized carbons (Fsp3) is 0.375. The maximum Gasteiger partial charge on any atom is 0.120 e. The number of hydrogen-bond acceptors (Lipinski definition) is 5. The summed E-state index contributed by atoms with van der Waals surface area (Å²) in [7, 11) is 2.07. The average Bonchev–Trinajstić information content (AvgIpc) is 3.09. The van der Waals surface area contributed by atoms with Gasteiger partial charge >= 0.3 is 0 Å². The molecule has 0 amide bonds. The van der Waals surface area contributed by atoms with Crippen LogP contribution in [0, 0.1) is 11.3 Å². The maximum atomic E-state index is 8.94. The monoisotopic (exact) mass is 403 g/mol. The Morgan fingerprint density at radius 2 is 1.83 bits per heavy atom. The molecule has 156 valence electrons. The summed E-state index contributed by atoms with van der Waals surface area (Å²) in [4.78, 5) is 4.82. The molecule has 2 aromatic carbocycles. The van der Waals surface area contributed by atoms with Gasteiger partial charge in [0.05, 0.1) is 11.6 Å². The lowest BCUT2D eigenvalue weighted by molar-refractivity contribution is 0.200. The molecule has 1 saturated heterocycles. The molecule has 0 spiro atoms. The molecular weight excluding hydrogens is 374 g/mol. The van der Waals surface area contributed by atoms with E-state index in [4.69, 9.17) is 15.7 Å². The van der Waals surface area contributed by atoms with Crippen LogP contribution in [0.1, 0.15) is 11.1 Å². The predicted molar refractivity (Wildman–Crippen MR) is 121 cm³/mol. The molecule has 1 aliphatic heterocycles. The van der Waals surface area contributed by atoms with Crippen LogP contribution in [0.15, 0.2) is 48.7 Å². The highest BCUT2D eigenvalue weighted by Crippen LogP contribution is 2.26. The van der Waals surface area contributed by atoms with Gasteiger partial charge in [-0.1, -0.05) is 0 Å². The van der Waals surface area contributed by atoms with Crippen molar-refractivity contribution >= 4 is 16.6 Å². The minimum Gasteiger partial charge on any atom is -0.492 e. The number of aryl methyl sites for hydroxylation is 1. The maximum absolute atomic E-state index is 8.94. The van der Waals surface area contributed by atoms with E-state index in [1.165, 1.54) is 22.2 Å². The van der Waals surface area contributed by atoms with E-state index in [0.29, 0.717) is 18.7 Å². The van der Waals surface area contributed by atoms with E-state index in [9.17, 15) is 0 Å². The van der Waals surface area contributed by atoms with Crippen LogP contribution in [0.4, 0.5) is 5.69 Å². The molecule has 1 aromatic heterocycles. The molecule has 2 heterocycles.